The molecule has 1 aliphatic heterocycles. The molecule has 1 saturated heterocycles. The van der Waals surface area contributed by atoms with Crippen LogP contribution in [0.25, 0.3) is 0 Å². The number of esters is 1. The van der Waals surface area contributed by atoms with Crippen molar-refractivity contribution in [2.24, 2.45) is 5.92 Å². The summed E-state index contributed by atoms with van der Waals surface area (Å²) < 4.78 is 5.07. The Hall–Kier alpha value is -3.19. The molecule has 0 aromatic heterocycles. The van der Waals surface area contributed by atoms with Gasteiger partial charge in [-0.1, -0.05) is 35.9 Å². The van der Waals surface area contributed by atoms with Crippen molar-refractivity contribution in [3.63, 3.8) is 0 Å². The van der Waals surface area contributed by atoms with Crippen molar-refractivity contribution >= 4 is 46.5 Å². The average Bonchev–Trinajstić information content (AvgIpc) is 3.08. The van der Waals surface area contributed by atoms with E-state index in [0.29, 0.717) is 22.0 Å². The number of hydrogen-bond acceptors (Lipinski definition) is 5. The van der Waals surface area contributed by atoms with E-state index < -0.39 is 24.4 Å². The molecule has 0 aliphatic carbocycles. The summed E-state index contributed by atoms with van der Waals surface area (Å²) in [5.74, 6) is -2.19. The number of carbonyl (C=O) groups excluding carboxylic acids is 4. The highest BCUT2D eigenvalue weighted by Gasteiger charge is 2.37. The van der Waals surface area contributed by atoms with E-state index in [9.17, 15) is 19.2 Å². The van der Waals surface area contributed by atoms with E-state index in [-0.39, 0.29) is 24.7 Å². The Morgan fingerprint density at radius 2 is 1.93 bits per heavy atom. The molecule has 1 N–H and O–H groups in total. The van der Waals surface area contributed by atoms with Crippen LogP contribution in [0.1, 0.15) is 23.7 Å². The minimum Gasteiger partial charge on any atom is -0.455 e. The fourth-order valence-corrected chi connectivity index (χ4v) is 3.27. The monoisotopic (exact) mass is 414 g/mol. The van der Waals surface area contributed by atoms with Crippen molar-refractivity contribution in [1.29, 1.82) is 0 Å². The van der Waals surface area contributed by atoms with E-state index in [1.807, 2.05) is 0 Å². The molecule has 0 bridgehead atoms. The predicted octanol–water partition coefficient (Wildman–Crippen LogP) is 3.08. The highest BCUT2D eigenvalue weighted by atomic mass is 35.5. The number of benzene rings is 2. The minimum absolute atomic E-state index is 0.00761. The molecule has 1 atom stereocenters. The van der Waals surface area contributed by atoms with Crippen LogP contribution in [-0.2, 0) is 19.1 Å². The molecule has 3 rings (SSSR count). The van der Waals surface area contributed by atoms with Crippen LogP contribution in [0.2, 0.25) is 5.02 Å². The van der Waals surface area contributed by atoms with Crippen molar-refractivity contribution in [2.75, 3.05) is 23.4 Å². The Kier molecular flexibility index (Phi) is 6.29. The van der Waals surface area contributed by atoms with Gasteiger partial charge in [-0.15, -0.1) is 0 Å². The summed E-state index contributed by atoms with van der Waals surface area (Å²) in [5, 5.41) is 2.99. The molecule has 7 nitrogen and oxygen atoms in total. The van der Waals surface area contributed by atoms with E-state index in [4.69, 9.17) is 16.3 Å². The molecule has 2 amide bonds. The lowest BCUT2D eigenvalue weighted by Gasteiger charge is -2.17. The van der Waals surface area contributed by atoms with Gasteiger partial charge < -0.3 is 15.0 Å². The van der Waals surface area contributed by atoms with Gasteiger partial charge in [-0.3, -0.25) is 19.2 Å². The van der Waals surface area contributed by atoms with E-state index in [0.717, 1.165) is 0 Å². The SMILES string of the molecule is CC(=O)c1cccc(NC(=O)COC(=O)[C@H]2CC(=O)N(c3ccccc3Cl)C2)c1. The van der Waals surface area contributed by atoms with Gasteiger partial charge in [0.15, 0.2) is 12.4 Å². The third-order valence-electron chi connectivity index (χ3n) is 4.50. The molecule has 0 spiro atoms. The summed E-state index contributed by atoms with van der Waals surface area (Å²) in [7, 11) is 0. The number of hydrogen-bond donors (Lipinski definition) is 1. The topological polar surface area (TPSA) is 92.8 Å². The molecular formula is C21H19ClN2O5. The normalized spacial score (nSPS) is 15.9. The van der Waals surface area contributed by atoms with Gasteiger partial charge in [0, 0.05) is 24.2 Å². The van der Waals surface area contributed by atoms with Gasteiger partial charge in [-0.05, 0) is 31.2 Å². The molecular weight excluding hydrogens is 396 g/mol. The zero-order chi connectivity index (χ0) is 21.0. The quantitative estimate of drug-likeness (QED) is 0.579. The molecule has 2 aromatic carbocycles. The first kappa shape index (κ1) is 20.5. The molecule has 0 saturated carbocycles. The van der Waals surface area contributed by atoms with Gasteiger partial charge in [-0.25, -0.2) is 0 Å². The Labute approximate surface area is 172 Å². The van der Waals surface area contributed by atoms with Gasteiger partial charge in [0.1, 0.15) is 0 Å². The minimum atomic E-state index is -0.674. The first-order valence-corrected chi connectivity index (χ1v) is 9.35. The molecule has 150 valence electrons. The van der Waals surface area contributed by atoms with E-state index in [2.05, 4.69) is 5.32 Å². The van der Waals surface area contributed by atoms with Gasteiger partial charge in [0.25, 0.3) is 5.91 Å². The number of halogens is 1. The smallest absolute Gasteiger partial charge is 0.311 e. The maximum Gasteiger partial charge on any atom is 0.311 e. The lowest BCUT2D eigenvalue weighted by atomic mass is 10.1. The molecule has 2 aromatic rings. The van der Waals surface area contributed by atoms with Crippen LogP contribution < -0.4 is 10.2 Å². The Morgan fingerprint density at radius 1 is 1.17 bits per heavy atom. The summed E-state index contributed by atoms with van der Waals surface area (Å²) in [6.45, 7) is 1.08. The van der Waals surface area contributed by atoms with Crippen LogP contribution in [0.4, 0.5) is 11.4 Å². The largest absolute Gasteiger partial charge is 0.455 e. The lowest BCUT2D eigenvalue weighted by Crippen LogP contribution is -2.28. The van der Waals surface area contributed by atoms with Crippen molar-refractivity contribution in [1.82, 2.24) is 0 Å². The maximum absolute atomic E-state index is 12.3. The lowest BCUT2D eigenvalue weighted by molar-refractivity contribution is -0.151. The average molecular weight is 415 g/mol. The standard InChI is InChI=1S/C21H19ClN2O5/c1-13(25)14-5-4-6-16(9-14)23-19(26)12-29-21(28)15-10-20(27)24(11-15)18-8-3-2-7-17(18)22/h2-9,15H,10-12H2,1H3,(H,23,26)/t15-/m0/s1. The van der Waals surface area contributed by atoms with Crippen molar-refractivity contribution in [3.8, 4) is 0 Å². The van der Waals surface area contributed by atoms with Crippen LogP contribution >= 0.6 is 11.6 Å². The van der Waals surface area contributed by atoms with E-state index >= 15 is 0 Å². The highest BCUT2D eigenvalue weighted by Crippen LogP contribution is 2.31. The first-order chi connectivity index (χ1) is 13.8. The van der Waals surface area contributed by atoms with Crippen molar-refractivity contribution in [2.45, 2.75) is 13.3 Å². The second kappa shape index (κ2) is 8.87. The maximum atomic E-state index is 12.3. The molecule has 1 fully saturated rings. The van der Waals surface area contributed by atoms with Gasteiger partial charge >= 0.3 is 5.97 Å². The fourth-order valence-electron chi connectivity index (χ4n) is 3.04. The number of nitrogens with zero attached hydrogens (tertiary/aromatic N) is 1. The zero-order valence-electron chi connectivity index (χ0n) is 15.7. The van der Waals surface area contributed by atoms with E-state index in [1.165, 1.54) is 11.8 Å². The number of para-hydroxylation sites is 1. The number of ether oxygens (including phenoxy) is 1. The molecule has 29 heavy (non-hydrogen) atoms. The Balaban J connectivity index is 1.54. The summed E-state index contributed by atoms with van der Waals surface area (Å²) in [5.41, 5.74) is 1.43. The number of ketones is 1. The molecule has 1 aliphatic rings. The van der Waals surface area contributed by atoms with Crippen LogP contribution in [0.3, 0.4) is 0 Å². The van der Waals surface area contributed by atoms with Crippen LogP contribution in [0.15, 0.2) is 48.5 Å². The molecule has 0 radical (unpaired) electrons. The van der Waals surface area contributed by atoms with Gasteiger partial charge in [0.05, 0.1) is 16.6 Å². The highest BCUT2D eigenvalue weighted by molar-refractivity contribution is 6.33. The first-order valence-electron chi connectivity index (χ1n) is 8.97. The number of anilines is 2. The van der Waals surface area contributed by atoms with Crippen LogP contribution in [0, 0.1) is 5.92 Å². The van der Waals surface area contributed by atoms with E-state index in [1.54, 1.807) is 48.5 Å². The number of rotatable bonds is 6. The molecule has 0 unspecified atom stereocenters. The number of carbonyl (C=O) groups is 4. The van der Waals surface area contributed by atoms with Crippen LogP contribution in [0.5, 0.6) is 0 Å². The predicted molar refractivity (Wildman–Crippen MR) is 108 cm³/mol. The number of Topliss-reactive ketones (excluding diaryl/α,β-unsaturated/α-hetero) is 1. The molecule has 1 heterocycles. The summed E-state index contributed by atoms with van der Waals surface area (Å²) >= 11 is 6.12. The summed E-state index contributed by atoms with van der Waals surface area (Å²) in [6, 6.07) is 13.3. The fraction of sp³-hybridized carbons (Fsp3) is 0.238. The zero-order valence-corrected chi connectivity index (χ0v) is 16.4. The van der Waals surface area contributed by atoms with Gasteiger partial charge in [-0.2, -0.15) is 0 Å². The summed E-state index contributed by atoms with van der Waals surface area (Å²) in [6.07, 6.45) is -0.00761. The summed E-state index contributed by atoms with van der Waals surface area (Å²) in [4.78, 5) is 49.4. The Bertz CT molecular complexity index is 975. The Morgan fingerprint density at radius 3 is 2.66 bits per heavy atom. The second-order valence-corrected chi connectivity index (χ2v) is 7.06. The third kappa shape index (κ3) is 5.00. The van der Waals surface area contributed by atoms with Crippen molar-refractivity contribution < 1.29 is 23.9 Å². The number of amides is 2. The molecule has 8 heteroatoms. The van der Waals surface area contributed by atoms with Crippen molar-refractivity contribution in [3.05, 3.63) is 59.1 Å². The van der Waals surface area contributed by atoms with Gasteiger partial charge in [0.2, 0.25) is 5.91 Å². The number of nitrogens with one attached hydrogen (secondary N) is 1. The van der Waals surface area contributed by atoms with Crippen LogP contribution in [-0.4, -0.2) is 36.7 Å². The second-order valence-electron chi connectivity index (χ2n) is 6.65. The third-order valence-corrected chi connectivity index (χ3v) is 4.82.